The molecule has 0 atom stereocenters. The van der Waals surface area contributed by atoms with E-state index in [1.54, 1.807) is 0 Å². The molecule has 0 fully saturated rings. The van der Waals surface area contributed by atoms with Crippen LogP contribution in [0.25, 0.3) is 49.4 Å². The van der Waals surface area contributed by atoms with Crippen molar-refractivity contribution in [1.82, 2.24) is 0 Å². The third kappa shape index (κ3) is 6.85. The molecule has 7 aromatic carbocycles. The van der Waals surface area contributed by atoms with Gasteiger partial charge in [-0.25, -0.2) is 0 Å². The van der Waals surface area contributed by atoms with Crippen molar-refractivity contribution in [2.45, 2.75) is 25.9 Å². The van der Waals surface area contributed by atoms with Crippen LogP contribution in [0.2, 0.25) is 0 Å². The number of azo groups is 1. The van der Waals surface area contributed by atoms with Gasteiger partial charge >= 0.3 is 0 Å². The molecule has 8 rings (SSSR count). The fraction of sp³-hybridized carbons (Fsp3) is 0.0851. The molecule has 0 aliphatic heterocycles. The monoisotopic (exact) mass is 643 g/mol. The molecule has 0 saturated heterocycles. The SMILES string of the molecule is C1=CCCC(c2cc(-c3ccccc3)cc3ccc(C/N=N/C(=N\Cc4ccc5c(-c6ccccc6)cccc5c4)c4ccccc4)cc23)=C1. The molecule has 0 saturated carbocycles. The molecule has 1 aliphatic rings. The van der Waals surface area contributed by atoms with E-state index in [1.807, 2.05) is 30.3 Å². The van der Waals surface area contributed by atoms with Gasteiger partial charge in [0.05, 0.1) is 13.1 Å². The Bertz CT molecular complexity index is 2400. The molecule has 240 valence electrons. The Hall–Kier alpha value is -6.19. The van der Waals surface area contributed by atoms with E-state index in [0.717, 1.165) is 29.5 Å². The van der Waals surface area contributed by atoms with Gasteiger partial charge in [-0.2, -0.15) is 5.11 Å². The van der Waals surface area contributed by atoms with Crippen LogP contribution in [-0.2, 0) is 13.1 Å². The summed E-state index contributed by atoms with van der Waals surface area (Å²) in [7, 11) is 0. The first-order valence-corrected chi connectivity index (χ1v) is 17.3. The van der Waals surface area contributed by atoms with Gasteiger partial charge < -0.3 is 0 Å². The maximum absolute atomic E-state index is 4.99. The molecule has 0 amide bonds. The van der Waals surface area contributed by atoms with Crippen molar-refractivity contribution in [3.8, 4) is 22.3 Å². The first-order valence-electron chi connectivity index (χ1n) is 17.3. The van der Waals surface area contributed by atoms with Crippen LogP contribution in [0.1, 0.15) is 35.1 Å². The van der Waals surface area contributed by atoms with E-state index in [9.17, 15) is 0 Å². The van der Waals surface area contributed by atoms with Crippen molar-refractivity contribution >= 4 is 33.0 Å². The highest BCUT2D eigenvalue weighted by Gasteiger charge is 2.12. The molecule has 0 heterocycles. The molecule has 3 heteroatoms. The smallest absolute Gasteiger partial charge is 0.177 e. The Morgan fingerprint density at radius 2 is 1.24 bits per heavy atom. The lowest BCUT2D eigenvalue weighted by Crippen LogP contribution is -1.98. The average molecular weight is 644 g/mol. The maximum Gasteiger partial charge on any atom is 0.177 e. The number of benzene rings is 7. The van der Waals surface area contributed by atoms with Crippen molar-refractivity contribution in [2.75, 3.05) is 0 Å². The lowest BCUT2D eigenvalue weighted by Gasteiger charge is -2.16. The highest BCUT2D eigenvalue weighted by Crippen LogP contribution is 2.35. The van der Waals surface area contributed by atoms with E-state index < -0.39 is 0 Å². The summed E-state index contributed by atoms with van der Waals surface area (Å²) in [6.07, 6.45) is 8.79. The Morgan fingerprint density at radius 3 is 2.02 bits per heavy atom. The van der Waals surface area contributed by atoms with Gasteiger partial charge in [0.25, 0.3) is 0 Å². The predicted octanol–water partition coefficient (Wildman–Crippen LogP) is 12.7. The minimum Gasteiger partial charge on any atom is -0.260 e. The molecule has 0 bridgehead atoms. The summed E-state index contributed by atoms with van der Waals surface area (Å²) in [6, 6.07) is 55.8. The molecule has 3 nitrogen and oxygen atoms in total. The molecule has 0 spiro atoms. The van der Waals surface area contributed by atoms with Crippen LogP contribution in [0.15, 0.2) is 191 Å². The van der Waals surface area contributed by atoms with E-state index in [0.29, 0.717) is 18.9 Å². The summed E-state index contributed by atoms with van der Waals surface area (Å²) in [5.41, 5.74) is 10.8. The average Bonchev–Trinajstić information content (AvgIpc) is 3.19. The summed E-state index contributed by atoms with van der Waals surface area (Å²) in [5, 5.41) is 14.4. The highest BCUT2D eigenvalue weighted by molar-refractivity contribution is 6.00. The predicted molar refractivity (Wildman–Crippen MR) is 210 cm³/mol. The van der Waals surface area contributed by atoms with Crippen LogP contribution in [0, 0.1) is 0 Å². The minimum absolute atomic E-state index is 0.471. The lowest BCUT2D eigenvalue weighted by molar-refractivity contribution is 0.961. The summed E-state index contributed by atoms with van der Waals surface area (Å²) < 4.78 is 0. The second-order valence-electron chi connectivity index (χ2n) is 12.7. The van der Waals surface area contributed by atoms with Crippen LogP contribution in [0.4, 0.5) is 0 Å². The van der Waals surface area contributed by atoms with E-state index in [1.165, 1.54) is 54.9 Å². The number of fused-ring (bicyclic) bond motifs is 2. The normalized spacial score (nSPS) is 13.3. The molecule has 0 unspecified atom stereocenters. The van der Waals surface area contributed by atoms with Gasteiger partial charge in [0, 0.05) is 5.56 Å². The van der Waals surface area contributed by atoms with Gasteiger partial charge in [0.15, 0.2) is 5.84 Å². The van der Waals surface area contributed by atoms with Crippen LogP contribution in [0.5, 0.6) is 0 Å². The van der Waals surface area contributed by atoms with Crippen molar-refractivity contribution in [1.29, 1.82) is 0 Å². The highest BCUT2D eigenvalue weighted by atomic mass is 15.1. The van der Waals surface area contributed by atoms with Gasteiger partial charge in [-0.1, -0.05) is 152 Å². The second kappa shape index (κ2) is 14.5. The largest absolute Gasteiger partial charge is 0.260 e. The Kier molecular flexibility index (Phi) is 9.03. The number of rotatable bonds is 8. The van der Waals surface area contributed by atoms with Gasteiger partial charge in [0.1, 0.15) is 0 Å². The zero-order valence-electron chi connectivity index (χ0n) is 27.9. The van der Waals surface area contributed by atoms with Crippen LogP contribution in [0.3, 0.4) is 0 Å². The molecule has 50 heavy (non-hydrogen) atoms. The minimum atomic E-state index is 0.471. The van der Waals surface area contributed by atoms with Crippen LogP contribution in [-0.4, -0.2) is 5.84 Å². The standard InChI is InChI=1S/C47H37N3/c1-5-14-36(15-6-1)42-30-41-26-24-35(29-45(41)46(31-42)38-18-9-3-10-19-38)33-49-50-47(39-20-11-4-12-21-39)48-32-34-25-27-44-40(28-34)22-13-23-43(44)37-16-7-2-8-17-37/h1-9,11-18,20-31H,10,19,32-33H2/b48-47-,50-49+. The molecule has 0 radical (unpaired) electrons. The quantitative estimate of drug-likeness (QED) is 0.0898. The van der Waals surface area contributed by atoms with Crippen LogP contribution < -0.4 is 0 Å². The summed E-state index contributed by atoms with van der Waals surface area (Å²) >= 11 is 0. The maximum atomic E-state index is 4.99. The lowest BCUT2D eigenvalue weighted by atomic mass is 9.89. The molecular formula is C47H37N3. The summed E-state index contributed by atoms with van der Waals surface area (Å²) in [4.78, 5) is 4.99. The number of hydrogen-bond acceptors (Lipinski definition) is 2. The van der Waals surface area contributed by atoms with Crippen molar-refractivity contribution < 1.29 is 0 Å². The molecule has 0 N–H and O–H groups in total. The van der Waals surface area contributed by atoms with E-state index in [-0.39, 0.29) is 0 Å². The number of aliphatic imine (C=N–C) groups is 1. The Labute approximate surface area is 293 Å². The van der Waals surface area contributed by atoms with E-state index >= 15 is 0 Å². The van der Waals surface area contributed by atoms with E-state index in [4.69, 9.17) is 15.2 Å². The topological polar surface area (TPSA) is 37.1 Å². The third-order valence-electron chi connectivity index (χ3n) is 9.38. The van der Waals surface area contributed by atoms with Crippen LogP contribution >= 0.6 is 0 Å². The zero-order chi connectivity index (χ0) is 33.5. The third-order valence-corrected chi connectivity index (χ3v) is 9.38. The van der Waals surface area contributed by atoms with Gasteiger partial charge in [0.2, 0.25) is 0 Å². The summed E-state index contributed by atoms with van der Waals surface area (Å²) in [6.45, 7) is 0.986. The molecule has 0 aromatic heterocycles. The number of allylic oxidation sites excluding steroid dienone is 4. The molecule has 7 aromatic rings. The number of nitrogens with zero attached hydrogens (tertiary/aromatic N) is 3. The fourth-order valence-electron chi connectivity index (χ4n) is 6.81. The first-order chi connectivity index (χ1) is 24.8. The molecule has 1 aliphatic carbocycles. The van der Waals surface area contributed by atoms with Gasteiger partial charge in [-0.3, -0.25) is 4.99 Å². The van der Waals surface area contributed by atoms with E-state index in [2.05, 4.69) is 146 Å². The Morgan fingerprint density at radius 1 is 0.520 bits per heavy atom. The van der Waals surface area contributed by atoms with Gasteiger partial charge in [-0.15, -0.1) is 5.11 Å². The van der Waals surface area contributed by atoms with Crippen molar-refractivity contribution in [3.63, 3.8) is 0 Å². The molecular weight excluding hydrogens is 607 g/mol. The first kappa shape index (κ1) is 31.1. The second-order valence-corrected chi connectivity index (χ2v) is 12.7. The number of hydrogen-bond donors (Lipinski definition) is 0. The zero-order valence-corrected chi connectivity index (χ0v) is 27.9. The Balaban J connectivity index is 1.08. The summed E-state index contributed by atoms with van der Waals surface area (Å²) in [5.74, 6) is 0.636. The number of amidine groups is 1. The fourth-order valence-corrected chi connectivity index (χ4v) is 6.81. The van der Waals surface area contributed by atoms with Crippen molar-refractivity contribution in [3.05, 3.63) is 198 Å². The van der Waals surface area contributed by atoms with Gasteiger partial charge in [-0.05, 0) is 103 Å². The van der Waals surface area contributed by atoms with Crippen molar-refractivity contribution in [2.24, 2.45) is 15.2 Å².